The summed E-state index contributed by atoms with van der Waals surface area (Å²) >= 11 is 0. The third kappa shape index (κ3) is 4.19. The van der Waals surface area contributed by atoms with Crippen LogP contribution in [0.5, 0.6) is 5.75 Å². The van der Waals surface area contributed by atoms with Crippen molar-refractivity contribution in [2.24, 2.45) is 0 Å². The molecule has 0 atom stereocenters. The first kappa shape index (κ1) is 18.7. The summed E-state index contributed by atoms with van der Waals surface area (Å²) in [6.07, 6.45) is 0. The molecule has 1 N–H and O–H groups in total. The van der Waals surface area contributed by atoms with Gasteiger partial charge >= 0.3 is 0 Å². The first-order valence-corrected chi connectivity index (χ1v) is 8.91. The number of anilines is 1. The number of benzene rings is 2. The summed E-state index contributed by atoms with van der Waals surface area (Å²) in [5, 5.41) is 7.73. The van der Waals surface area contributed by atoms with Crippen LogP contribution in [0.1, 0.15) is 42.4 Å². The van der Waals surface area contributed by atoms with E-state index in [1.165, 1.54) is 0 Å². The summed E-state index contributed by atoms with van der Waals surface area (Å²) in [4.78, 5) is 12.7. The molecule has 1 amide bonds. The lowest BCUT2D eigenvalue weighted by Gasteiger charge is -2.14. The van der Waals surface area contributed by atoms with Crippen molar-refractivity contribution in [2.45, 2.75) is 33.1 Å². The Labute approximate surface area is 160 Å². The fraction of sp³-hybridized carbons (Fsp3) is 0.273. The lowest BCUT2D eigenvalue weighted by Crippen LogP contribution is -2.15. The molecule has 0 unspecified atom stereocenters. The number of amides is 1. The van der Waals surface area contributed by atoms with Crippen molar-refractivity contribution in [3.8, 4) is 11.4 Å². The standard InChI is InChI=1S/C22H25N3O2/c1-15-6-8-16(9-7-15)21(26)23-20-14-19(22(2,3)4)24-25(20)17-10-12-18(27-5)13-11-17/h6-14H,1-5H3,(H,23,26). The van der Waals surface area contributed by atoms with Gasteiger partial charge in [-0.05, 0) is 43.3 Å². The molecule has 0 aliphatic carbocycles. The van der Waals surface area contributed by atoms with Crippen molar-refractivity contribution in [3.63, 3.8) is 0 Å². The van der Waals surface area contributed by atoms with Crippen LogP contribution in [0.3, 0.4) is 0 Å². The summed E-state index contributed by atoms with van der Waals surface area (Å²) in [6.45, 7) is 8.29. The highest BCUT2D eigenvalue weighted by atomic mass is 16.5. The molecule has 140 valence electrons. The molecule has 0 saturated carbocycles. The maximum Gasteiger partial charge on any atom is 0.256 e. The largest absolute Gasteiger partial charge is 0.497 e. The van der Waals surface area contributed by atoms with E-state index in [-0.39, 0.29) is 11.3 Å². The average Bonchev–Trinajstić information content (AvgIpc) is 3.06. The predicted octanol–water partition coefficient (Wildman–Crippen LogP) is 4.74. The Kier molecular flexibility index (Phi) is 5.04. The second-order valence-electron chi connectivity index (χ2n) is 7.59. The molecule has 5 heteroatoms. The number of rotatable bonds is 4. The van der Waals surface area contributed by atoms with E-state index >= 15 is 0 Å². The smallest absolute Gasteiger partial charge is 0.256 e. The number of aryl methyl sites for hydroxylation is 1. The van der Waals surface area contributed by atoms with Gasteiger partial charge in [0.2, 0.25) is 0 Å². The van der Waals surface area contributed by atoms with Gasteiger partial charge in [0.25, 0.3) is 5.91 Å². The van der Waals surface area contributed by atoms with E-state index in [9.17, 15) is 4.79 Å². The van der Waals surface area contributed by atoms with Gasteiger partial charge in [0.1, 0.15) is 11.6 Å². The van der Waals surface area contributed by atoms with E-state index in [1.807, 2.05) is 61.5 Å². The molecular weight excluding hydrogens is 338 g/mol. The predicted molar refractivity (Wildman–Crippen MR) is 108 cm³/mol. The summed E-state index contributed by atoms with van der Waals surface area (Å²) < 4.78 is 6.98. The van der Waals surface area contributed by atoms with Gasteiger partial charge in [-0.3, -0.25) is 4.79 Å². The highest BCUT2D eigenvalue weighted by Gasteiger charge is 2.21. The number of ether oxygens (including phenoxy) is 1. The van der Waals surface area contributed by atoms with E-state index in [4.69, 9.17) is 9.84 Å². The average molecular weight is 363 g/mol. The van der Waals surface area contributed by atoms with Crippen molar-refractivity contribution in [2.75, 3.05) is 12.4 Å². The highest BCUT2D eigenvalue weighted by Crippen LogP contribution is 2.27. The Morgan fingerprint density at radius 2 is 1.67 bits per heavy atom. The molecule has 1 heterocycles. The SMILES string of the molecule is COc1ccc(-n2nc(C(C)(C)C)cc2NC(=O)c2ccc(C)cc2)cc1. The number of nitrogens with zero attached hydrogens (tertiary/aromatic N) is 2. The number of carbonyl (C=O) groups is 1. The van der Waals surface area contributed by atoms with E-state index in [0.717, 1.165) is 22.7 Å². The summed E-state index contributed by atoms with van der Waals surface area (Å²) in [6, 6.07) is 17.0. The molecule has 0 bridgehead atoms. The van der Waals surface area contributed by atoms with Crippen LogP contribution in [-0.4, -0.2) is 22.8 Å². The third-order valence-electron chi connectivity index (χ3n) is 4.35. The summed E-state index contributed by atoms with van der Waals surface area (Å²) in [5.74, 6) is 1.24. The van der Waals surface area contributed by atoms with Crippen molar-refractivity contribution in [3.05, 3.63) is 71.4 Å². The fourth-order valence-electron chi connectivity index (χ4n) is 2.65. The molecule has 0 saturated heterocycles. The van der Waals surface area contributed by atoms with Crippen molar-refractivity contribution in [1.82, 2.24) is 9.78 Å². The first-order chi connectivity index (χ1) is 12.8. The quantitative estimate of drug-likeness (QED) is 0.728. The number of hydrogen-bond acceptors (Lipinski definition) is 3. The van der Waals surface area contributed by atoms with Crippen LogP contribution in [-0.2, 0) is 5.41 Å². The van der Waals surface area contributed by atoms with Gasteiger partial charge in [-0.15, -0.1) is 0 Å². The van der Waals surface area contributed by atoms with Crippen molar-refractivity contribution >= 4 is 11.7 Å². The van der Waals surface area contributed by atoms with E-state index in [2.05, 4.69) is 26.1 Å². The molecule has 5 nitrogen and oxygen atoms in total. The Morgan fingerprint density at radius 3 is 2.22 bits per heavy atom. The Hall–Kier alpha value is -3.08. The first-order valence-electron chi connectivity index (χ1n) is 8.91. The Morgan fingerprint density at radius 1 is 1.04 bits per heavy atom. The molecule has 0 fully saturated rings. The molecule has 27 heavy (non-hydrogen) atoms. The minimum absolute atomic E-state index is 0.138. The maximum absolute atomic E-state index is 12.7. The van der Waals surface area contributed by atoms with Crippen molar-refractivity contribution < 1.29 is 9.53 Å². The highest BCUT2D eigenvalue weighted by molar-refractivity contribution is 6.04. The lowest BCUT2D eigenvalue weighted by molar-refractivity contribution is 0.102. The van der Waals surface area contributed by atoms with Gasteiger partial charge in [-0.25, -0.2) is 4.68 Å². The number of methoxy groups -OCH3 is 1. The van der Waals surface area contributed by atoms with Crippen LogP contribution in [0.15, 0.2) is 54.6 Å². The molecule has 1 aromatic heterocycles. The van der Waals surface area contributed by atoms with Gasteiger partial charge in [-0.2, -0.15) is 5.10 Å². The minimum Gasteiger partial charge on any atom is -0.497 e. The fourth-order valence-corrected chi connectivity index (χ4v) is 2.65. The van der Waals surface area contributed by atoms with Gasteiger partial charge in [0, 0.05) is 17.0 Å². The van der Waals surface area contributed by atoms with Crippen LogP contribution in [0.25, 0.3) is 5.69 Å². The number of carbonyl (C=O) groups excluding carboxylic acids is 1. The van der Waals surface area contributed by atoms with Gasteiger partial charge in [0.15, 0.2) is 0 Å². The third-order valence-corrected chi connectivity index (χ3v) is 4.35. The number of aromatic nitrogens is 2. The molecule has 3 aromatic rings. The summed E-state index contributed by atoms with van der Waals surface area (Å²) in [7, 11) is 1.63. The molecule has 2 aromatic carbocycles. The second-order valence-corrected chi connectivity index (χ2v) is 7.59. The Bertz CT molecular complexity index is 933. The minimum atomic E-state index is -0.162. The monoisotopic (exact) mass is 363 g/mol. The zero-order valence-electron chi connectivity index (χ0n) is 16.4. The van der Waals surface area contributed by atoms with Crippen LogP contribution in [0.4, 0.5) is 5.82 Å². The van der Waals surface area contributed by atoms with E-state index in [0.29, 0.717) is 11.4 Å². The van der Waals surface area contributed by atoms with E-state index < -0.39 is 0 Å². The van der Waals surface area contributed by atoms with Gasteiger partial charge in [0.05, 0.1) is 18.5 Å². The zero-order valence-corrected chi connectivity index (χ0v) is 16.4. The van der Waals surface area contributed by atoms with Crippen molar-refractivity contribution in [1.29, 1.82) is 0 Å². The van der Waals surface area contributed by atoms with E-state index in [1.54, 1.807) is 11.8 Å². The van der Waals surface area contributed by atoms with Crippen LogP contribution in [0.2, 0.25) is 0 Å². The van der Waals surface area contributed by atoms with Crippen LogP contribution >= 0.6 is 0 Å². The van der Waals surface area contributed by atoms with Crippen LogP contribution < -0.4 is 10.1 Å². The lowest BCUT2D eigenvalue weighted by atomic mass is 9.92. The molecule has 0 aliphatic heterocycles. The van der Waals surface area contributed by atoms with Crippen LogP contribution in [0, 0.1) is 6.92 Å². The topological polar surface area (TPSA) is 56.1 Å². The number of hydrogen-bond donors (Lipinski definition) is 1. The molecule has 0 spiro atoms. The molecule has 3 rings (SSSR count). The maximum atomic E-state index is 12.7. The summed E-state index contributed by atoms with van der Waals surface area (Å²) in [5.41, 5.74) is 3.34. The molecular formula is C22H25N3O2. The molecule has 0 aliphatic rings. The van der Waals surface area contributed by atoms with Gasteiger partial charge < -0.3 is 10.1 Å². The second kappa shape index (κ2) is 7.27. The molecule has 0 radical (unpaired) electrons. The Balaban J connectivity index is 1.98. The number of nitrogens with one attached hydrogen (secondary N) is 1. The normalized spacial score (nSPS) is 11.3. The van der Waals surface area contributed by atoms with Gasteiger partial charge in [-0.1, -0.05) is 38.5 Å². The zero-order chi connectivity index (χ0) is 19.6.